The highest BCUT2D eigenvalue weighted by atomic mass is 16.3. The normalized spacial score (nSPS) is 29.6. The first-order chi connectivity index (χ1) is 8.35. The van der Waals surface area contributed by atoms with Crippen molar-refractivity contribution in [2.24, 2.45) is 11.8 Å². The van der Waals surface area contributed by atoms with Crippen molar-refractivity contribution in [2.45, 2.75) is 45.1 Å². The number of nitrogens with one attached hydrogen (secondary N) is 1. The van der Waals surface area contributed by atoms with Crippen LogP contribution in [-0.4, -0.2) is 48.8 Å². The lowest BCUT2D eigenvalue weighted by Gasteiger charge is -2.39. The molecule has 2 aliphatic rings. The molecule has 0 bridgehead atoms. The summed E-state index contributed by atoms with van der Waals surface area (Å²) < 4.78 is 0. The van der Waals surface area contributed by atoms with Gasteiger partial charge in [0.05, 0.1) is 0 Å². The molecule has 2 aliphatic heterocycles. The molecular formula is C14H28N2O. The van der Waals surface area contributed by atoms with E-state index in [1.165, 1.54) is 51.9 Å². The lowest BCUT2D eigenvalue weighted by atomic mass is 9.89. The second-order valence-corrected chi connectivity index (χ2v) is 5.72. The van der Waals surface area contributed by atoms with E-state index in [2.05, 4.69) is 17.1 Å². The van der Waals surface area contributed by atoms with Gasteiger partial charge in [-0.25, -0.2) is 0 Å². The predicted octanol–water partition coefficient (Wildman–Crippen LogP) is 1.47. The highest BCUT2D eigenvalue weighted by Gasteiger charge is 2.30. The van der Waals surface area contributed by atoms with E-state index in [4.69, 9.17) is 5.11 Å². The first-order valence-corrected chi connectivity index (χ1v) is 7.40. The Labute approximate surface area is 106 Å². The van der Waals surface area contributed by atoms with Crippen LogP contribution < -0.4 is 5.32 Å². The van der Waals surface area contributed by atoms with E-state index in [1.807, 2.05) is 0 Å². The highest BCUT2D eigenvalue weighted by Crippen LogP contribution is 2.27. The number of piperidine rings is 1. The van der Waals surface area contributed by atoms with Crippen molar-refractivity contribution in [3.05, 3.63) is 0 Å². The van der Waals surface area contributed by atoms with Crippen LogP contribution in [0.5, 0.6) is 0 Å². The molecule has 0 spiro atoms. The Morgan fingerprint density at radius 2 is 2.06 bits per heavy atom. The van der Waals surface area contributed by atoms with Crippen LogP contribution in [0.3, 0.4) is 0 Å². The SMILES string of the molecule is CCC(C1CCNC1)N1CCC(CCO)CC1. The van der Waals surface area contributed by atoms with Crippen LogP contribution in [0.15, 0.2) is 0 Å². The minimum Gasteiger partial charge on any atom is -0.396 e. The number of hydrogen-bond donors (Lipinski definition) is 2. The Kier molecular flexibility index (Phi) is 5.26. The minimum absolute atomic E-state index is 0.369. The Balaban J connectivity index is 1.81. The van der Waals surface area contributed by atoms with Gasteiger partial charge in [0.1, 0.15) is 0 Å². The van der Waals surface area contributed by atoms with Crippen molar-refractivity contribution in [2.75, 3.05) is 32.8 Å². The molecule has 0 amide bonds. The second-order valence-electron chi connectivity index (χ2n) is 5.72. The van der Waals surface area contributed by atoms with Crippen LogP contribution in [0.1, 0.15) is 39.0 Å². The Bertz CT molecular complexity index is 208. The predicted molar refractivity (Wildman–Crippen MR) is 71.1 cm³/mol. The van der Waals surface area contributed by atoms with E-state index in [0.29, 0.717) is 6.61 Å². The standard InChI is InChI=1S/C14H28N2O/c1-2-14(13-3-7-15-11-13)16-8-4-12(5-9-16)6-10-17/h12-15,17H,2-11H2,1H3. The van der Waals surface area contributed by atoms with Gasteiger partial charge in [-0.3, -0.25) is 0 Å². The summed E-state index contributed by atoms with van der Waals surface area (Å²) in [5.41, 5.74) is 0. The van der Waals surface area contributed by atoms with E-state index < -0.39 is 0 Å². The summed E-state index contributed by atoms with van der Waals surface area (Å²) in [7, 11) is 0. The summed E-state index contributed by atoms with van der Waals surface area (Å²) in [5.74, 6) is 1.64. The van der Waals surface area contributed by atoms with Crippen LogP contribution in [0, 0.1) is 11.8 Å². The molecule has 100 valence electrons. The highest BCUT2D eigenvalue weighted by molar-refractivity contribution is 4.86. The monoisotopic (exact) mass is 240 g/mol. The first kappa shape index (κ1) is 13.3. The molecule has 2 atom stereocenters. The summed E-state index contributed by atoms with van der Waals surface area (Å²) in [6.07, 6.45) is 6.23. The molecule has 2 rings (SSSR count). The average molecular weight is 240 g/mol. The topological polar surface area (TPSA) is 35.5 Å². The van der Waals surface area contributed by atoms with E-state index in [0.717, 1.165) is 24.3 Å². The Morgan fingerprint density at radius 3 is 2.59 bits per heavy atom. The van der Waals surface area contributed by atoms with Crippen LogP contribution in [0.25, 0.3) is 0 Å². The molecule has 2 N–H and O–H groups in total. The van der Waals surface area contributed by atoms with Crippen LogP contribution in [0.4, 0.5) is 0 Å². The van der Waals surface area contributed by atoms with Gasteiger partial charge in [0, 0.05) is 12.6 Å². The van der Waals surface area contributed by atoms with Crippen molar-refractivity contribution in [3.63, 3.8) is 0 Å². The summed E-state index contributed by atoms with van der Waals surface area (Å²) >= 11 is 0. The van der Waals surface area contributed by atoms with E-state index in [9.17, 15) is 0 Å². The fourth-order valence-corrected chi connectivity index (χ4v) is 3.65. The van der Waals surface area contributed by atoms with Crippen LogP contribution >= 0.6 is 0 Å². The zero-order valence-electron chi connectivity index (χ0n) is 11.2. The van der Waals surface area contributed by atoms with Gasteiger partial charge in [-0.1, -0.05) is 6.92 Å². The summed E-state index contributed by atoms with van der Waals surface area (Å²) in [6, 6.07) is 0.792. The molecule has 2 saturated heterocycles. The molecule has 0 aromatic rings. The number of aliphatic hydroxyl groups is 1. The van der Waals surface area contributed by atoms with Gasteiger partial charge in [-0.2, -0.15) is 0 Å². The molecule has 0 radical (unpaired) electrons. The quantitative estimate of drug-likeness (QED) is 0.764. The minimum atomic E-state index is 0.369. The van der Waals surface area contributed by atoms with Crippen molar-refractivity contribution in [3.8, 4) is 0 Å². The summed E-state index contributed by atoms with van der Waals surface area (Å²) in [5, 5.41) is 12.5. The number of hydrogen-bond acceptors (Lipinski definition) is 3. The zero-order valence-corrected chi connectivity index (χ0v) is 11.2. The van der Waals surface area contributed by atoms with Gasteiger partial charge in [-0.05, 0) is 70.1 Å². The van der Waals surface area contributed by atoms with Crippen LogP contribution in [0.2, 0.25) is 0 Å². The molecule has 0 aromatic carbocycles. The summed E-state index contributed by atoms with van der Waals surface area (Å²) in [4.78, 5) is 2.71. The van der Waals surface area contributed by atoms with E-state index in [-0.39, 0.29) is 0 Å². The maximum absolute atomic E-state index is 8.99. The van der Waals surface area contributed by atoms with Gasteiger partial charge < -0.3 is 15.3 Å². The van der Waals surface area contributed by atoms with Gasteiger partial charge >= 0.3 is 0 Å². The van der Waals surface area contributed by atoms with Gasteiger partial charge in [0.2, 0.25) is 0 Å². The third-order valence-corrected chi connectivity index (χ3v) is 4.72. The third-order valence-electron chi connectivity index (χ3n) is 4.72. The largest absolute Gasteiger partial charge is 0.396 e. The summed E-state index contributed by atoms with van der Waals surface area (Å²) in [6.45, 7) is 7.63. The molecule has 17 heavy (non-hydrogen) atoms. The number of nitrogens with zero attached hydrogens (tertiary/aromatic N) is 1. The molecule has 2 heterocycles. The maximum atomic E-state index is 8.99. The maximum Gasteiger partial charge on any atom is 0.0433 e. The van der Waals surface area contributed by atoms with Crippen molar-refractivity contribution < 1.29 is 5.11 Å². The van der Waals surface area contributed by atoms with Crippen molar-refractivity contribution in [1.29, 1.82) is 0 Å². The van der Waals surface area contributed by atoms with Crippen LogP contribution in [-0.2, 0) is 0 Å². The number of rotatable bonds is 5. The fourth-order valence-electron chi connectivity index (χ4n) is 3.65. The first-order valence-electron chi connectivity index (χ1n) is 7.40. The molecule has 2 fully saturated rings. The van der Waals surface area contributed by atoms with Gasteiger partial charge in [-0.15, -0.1) is 0 Å². The molecule has 0 saturated carbocycles. The third kappa shape index (κ3) is 3.43. The molecule has 3 nitrogen and oxygen atoms in total. The smallest absolute Gasteiger partial charge is 0.0433 e. The number of aliphatic hydroxyl groups excluding tert-OH is 1. The molecule has 2 unspecified atom stereocenters. The molecular weight excluding hydrogens is 212 g/mol. The molecule has 3 heteroatoms. The Hall–Kier alpha value is -0.120. The van der Waals surface area contributed by atoms with Crippen molar-refractivity contribution >= 4 is 0 Å². The van der Waals surface area contributed by atoms with Gasteiger partial charge in [0.15, 0.2) is 0 Å². The molecule has 0 aromatic heterocycles. The number of likely N-dealkylation sites (tertiary alicyclic amines) is 1. The zero-order chi connectivity index (χ0) is 12.1. The fraction of sp³-hybridized carbons (Fsp3) is 1.00. The molecule has 0 aliphatic carbocycles. The Morgan fingerprint density at radius 1 is 1.29 bits per heavy atom. The van der Waals surface area contributed by atoms with E-state index >= 15 is 0 Å². The lowest BCUT2D eigenvalue weighted by molar-refractivity contribution is 0.0881. The average Bonchev–Trinajstić information content (AvgIpc) is 2.86. The van der Waals surface area contributed by atoms with Crippen molar-refractivity contribution in [1.82, 2.24) is 10.2 Å². The van der Waals surface area contributed by atoms with Gasteiger partial charge in [0.25, 0.3) is 0 Å². The van der Waals surface area contributed by atoms with E-state index in [1.54, 1.807) is 0 Å². The second kappa shape index (κ2) is 6.72. The lowest BCUT2D eigenvalue weighted by Crippen LogP contribution is -2.45.